The predicted octanol–water partition coefficient (Wildman–Crippen LogP) is 4.66. The molecule has 0 heterocycles. The lowest BCUT2D eigenvalue weighted by atomic mass is 10.0. The molecular weight excluding hydrogens is 538 g/mol. The molecule has 3 amide bonds. The second-order valence-corrected chi connectivity index (χ2v) is 12.1. The molecule has 2 atom stereocenters. The third-order valence-electron chi connectivity index (χ3n) is 5.92. The molecular formula is C32H45N3O7. The normalized spacial score (nSPS) is 12.9. The van der Waals surface area contributed by atoms with Crippen LogP contribution in [0.15, 0.2) is 54.6 Å². The van der Waals surface area contributed by atoms with E-state index in [1.54, 1.807) is 53.7 Å². The van der Waals surface area contributed by atoms with E-state index in [1.165, 1.54) is 17.0 Å². The third kappa shape index (κ3) is 11.8. The van der Waals surface area contributed by atoms with Crippen LogP contribution >= 0.6 is 0 Å². The number of benzene rings is 2. The number of phenolic OH excluding ortho intramolecular Hbond substituents is 1. The van der Waals surface area contributed by atoms with Gasteiger partial charge in [0, 0.05) is 13.0 Å². The van der Waals surface area contributed by atoms with Crippen molar-refractivity contribution in [2.24, 2.45) is 0 Å². The molecule has 10 nitrogen and oxygen atoms in total. The highest BCUT2D eigenvalue weighted by Crippen LogP contribution is 2.25. The lowest BCUT2D eigenvalue weighted by Crippen LogP contribution is -2.52. The molecule has 0 bridgehead atoms. The molecule has 2 aromatic carbocycles. The van der Waals surface area contributed by atoms with Crippen LogP contribution < -0.4 is 10.6 Å². The molecule has 10 heteroatoms. The summed E-state index contributed by atoms with van der Waals surface area (Å²) in [7, 11) is 0. The largest absolute Gasteiger partial charge is 0.508 e. The maximum absolute atomic E-state index is 14.0. The average molecular weight is 584 g/mol. The number of unbranched alkanes of at least 4 members (excludes halogenated alkanes) is 1. The minimum absolute atomic E-state index is 0.00774. The number of aromatic hydroxyl groups is 1. The fourth-order valence-electron chi connectivity index (χ4n) is 4.09. The minimum atomic E-state index is -1.16. The van der Waals surface area contributed by atoms with Crippen molar-refractivity contribution in [3.8, 4) is 5.75 Å². The smallest absolute Gasteiger partial charge is 0.408 e. The molecule has 0 radical (unpaired) electrons. The Morgan fingerprint density at radius 2 is 1.48 bits per heavy atom. The van der Waals surface area contributed by atoms with Gasteiger partial charge in [-0.2, -0.15) is 0 Å². The zero-order chi connectivity index (χ0) is 31.5. The number of hydrogen-bond acceptors (Lipinski definition) is 7. The third-order valence-corrected chi connectivity index (χ3v) is 5.92. The molecule has 0 fully saturated rings. The van der Waals surface area contributed by atoms with Gasteiger partial charge in [-0.25, -0.2) is 9.59 Å². The number of carbonyl (C=O) groups is 4. The van der Waals surface area contributed by atoms with Gasteiger partial charge in [0.2, 0.25) is 11.8 Å². The Morgan fingerprint density at radius 1 is 0.881 bits per heavy atom. The van der Waals surface area contributed by atoms with Crippen molar-refractivity contribution in [3.63, 3.8) is 0 Å². The van der Waals surface area contributed by atoms with E-state index in [1.807, 2.05) is 37.3 Å². The van der Waals surface area contributed by atoms with E-state index in [9.17, 15) is 24.3 Å². The summed E-state index contributed by atoms with van der Waals surface area (Å²) in [5.74, 6) is -1.73. The van der Waals surface area contributed by atoms with Gasteiger partial charge in [0.1, 0.15) is 35.6 Å². The topological polar surface area (TPSA) is 134 Å². The summed E-state index contributed by atoms with van der Waals surface area (Å²) < 4.78 is 10.9. The number of ether oxygens (including phenoxy) is 2. The number of rotatable bonds is 12. The van der Waals surface area contributed by atoms with Gasteiger partial charge in [-0.3, -0.25) is 9.59 Å². The summed E-state index contributed by atoms with van der Waals surface area (Å²) in [6, 6.07) is 13.0. The molecule has 3 N–H and O–H groups in total. The summed E-state index contributed by atoms with van der Waals surface area (Å²) >= 11 is 0. The van der Waals surface area contributed by atoms with Gasteiger partial charge < -0.3 is 30.1 Å². The van der Waals surface area contributed by atoms with E-state index in [4.69, 9.17) is 9.47 Å². The Balaban J connectivity index is 2.44. The second-order valence-electron chi connectivity index (χ2n) is 12.1. The summed E-state index contributed by atoms with van der Waals surface area (Å²) in [6.45, 7) is 12.1. The van der Waals surface area contributed by atoms with Crippen LogP contribution in [0.4, 0.5) is 4.79 Å². The van der Waals surface area contributed by atoms with Crippen LogP contribution in [0.3, 0.4) is 0 Å². The molecule has 0 aliphatic carbocycles. The summed E-state index contributed by atoms with van der Waals surface area (Å²) in [6.07, 6.45) is 0.735. The number of amides is 3. The maximum Gasteiger partial charge on any atom is 0.408 e. The van der Waals surface area contributed by atoms with E-state index in [0.29, 0.717) is 12.0 Å². The molecule has 0 aromatic heterocycles. The molecule has 2 rings (SSSR count). The fraction of sp³-hybridized carbons (Fsp3) is 0.500. The maximum atomic E-state index is 14.0. The molecule has 2 aromatic rings. The number of carbonyl (C=O) groups excluding carboxylic acids is 4. The summed E-state index contributed by atoms with van der Waals surface area (Å²) in [5.41, 5.74) is -0.298. The standard InChI is InChI=1S/C32H45N3O7/c1-8-9-19-35(26(37)21-33-30(40)42-32(5,6)7)27(23-15-17-24(36)18-16-23)28(38)34-25(29(39)41-31(2,3)4)20-22-13-11-10-12-14-22/h10-18,25,27,36H,8-9,19-21H2,1-7H3,(H,33,40)(H,34,38). The van der Waals surface area contributed by atoms with Gasteiger partial charge >= 0.3 is 12.1 Å². The lowest BCUT2D eigenvalue weighted by Gasteiger charge is -2.33. The van der Waals surface area contributed by atoms with E-state index in [-0.39, 0.29) is 18.7 Å². The van der Waals surface area contributed by atoms with Crippen LogP contribution in [-0.4, -0.2) is 64.2 Å². The van der Waals surface area contributed by atoms with Gasteiger partial charge in [-0.05, 0) is 71.2 Å². The van der Waals surface area contributed by atoms with E-state index < -0.39 is 53.7 Å². The van der Waals surface area contributed by atoms with Crippen LogP contribution in [0.25, 0.3) is 0 Å². The highest BCUT2D eigenvalue weighted by Gasteiger charge is 2.35. The first-order valence-corrected chi connectivity index (χ1v) is 14.2. The van der Waals surface area contributed by atoms with Crippen molar-refractivity contribution in [1.29, 1.82) is 0 Å². The summed E-state index contributed by atoms with van der Waals surface area (Å²) in [5, 5.41) is 15.2. The minimum Gasteiger partial charge on any atom is -0.508 e. The number of hydrogen-bond donors (Lipinski definition) is 3. The van der Waals surface area contributed by atoms with Crippen LogP contribution in [0.2, 0.25) is 0 Å². The number of phenols is 1. The monoisotopic (exact) mass is 583 g/mol. The Morgan fingerprint density at radius 3 is 2.02 bits per heavy atom. The van der Waals surface area contributed by atoms with Gasteiger partial charge in [0.15, 0.2) is 0 Å². The van der Waals surface area contributed by atoms with Crippen molar-refractivity contribution in [3.05, 3.63) is 65.7 Å². The zero-order valence-electron chi connectivity index (χ0n) is 25.7. The van der Waals surface area contributed by atoms with Crippen LogP contribution in [0.5, 0.6) is 5.75 Å². The van der Waals surface area contributed by atoms with Gasteiger partial charge in [-0.15, -0.1) is 0 Å². The highest BCUT2D eigenvalue weighted by molar-refractivity contribution is 5.92. The molecule has 2 unspecified atom stereocenters. The molecule has 0 aliphatic rings. The first-order valence-electron chi connectivity index (χ1n) is 14.2. The van der Waals surface area contributed by atoms with Gasteiger partial charge in [0.25, 0.3) is 0 Å². The molecule has 230 valence electrons. The predicted molar refractivity (Wildman–Crippen MR) is 160 cm³/mol. The summed E-state index contributed by atoms with van der Waals surface area (Å²) in [4.78, 5) is 54.5. The number of alkyl carbamates (subject to hydrolysis) is 1. The molecule has 0 saturated heterocycles. The molecule has 42 heavy (non-hydrogen) atoms. The Hall–Kier alpha value is -4.08. The van der Waals surface area contributed by atoms with Crippen molar-refractivity contribution in [2.45, 2.75) is 91.0 Å². The first-order chi connectivity index (χ1) is 19.6. The van der Waals surface area contributed by atoms with Gasteiger partial charge in [0.05, 0.1) is 0 Å². The van der Waals surface area contributed by atoms with Crippen molar-refractivity contribution in [2.75, 3.05) is 13.1 Å². The number of esters is 1. The van der Waals surface area contributed by atoms with Crippen LogP contribution in [0.1, 0.15) is 78.5 Å². The Bertz CT molecular complexity index is 1190. The van der Waals surface area contributed by atoms with Gasteiger partial charge in [-0.1, -0.05) is 55.8 Å². The zero-order valence-corrected chi connectivity index (χ0v) is 25.7. The van der Waals surface area contributed by atoms with E-state index in [2.05, 4.69) is 10.6 Å². The highest BCUT2D eigenvalue weighted by atomic mass is 16.6. The van der Waals surface area contributed by atoms with E-state index >= 15 is 0 Å². The number of nitrogens with one attached hydrogen (secondary N) is 2. The Labute approximate surface area is 248 Å². The average Bonchev–Trinajstić information content (AvgIpc) is 2.88. The van der Waals surface area contributed by atoms with Crippen molar-refractivity contribution in [1.82, 2.24) is 15.5 Å². The van der Waals surface area contributed by atoms with E-state index in [0.717, 1.165) is 12.0 Å². The molecule has 0 aliphatic heterocycles. The van der Waals surface area contributed by atoms with Crippen LogP contribution in [0, 0.1) is 0 Å². The van der Waals surface area contributed by atoms with Crippen LogP contribution in [-0.2, 0) is 30.3 Å². The van der Waals surface area contributed by atoms with Crippen molar-refractivity contribution >= 4 is 23.9 Å². The fourth-order valence-corrected chi connectivity index (χ4v) is 4.09. The molecule has 0 saturated carbocycles. The van der Waals surface area contributed by atoms with Crippen molar-refractivity contribution < 1.29 is 33.8 Å². The number of nitrogens with zero attached hydrogens (tertiary/aromatic N) is 1. The molecule has 0 spiro atoms. The lowest BCUT2D eigenvalue weighted by molar-refractivity contribution is -0.159. The SMILES string of the molecule is CCCCN(C(=O)CNC(=O)OC(C)(C)C)C(C(=O)NC(Cc1ccccc1)C(=O)OC(C)(C)C)c1ccc(O)cc1. The Kier molecular flexibility index (Phi) is 12.4. The first kappa shape index (κ1) is 34.1. The quantitative estimate of drug-likeness (QED) is 0.310. The second kappa shape index (κ2) is 15.2.